The molecule has 7 nitrogen and oxygen atoms in total. The number of benzene rings is 3. The van der Waals surface area contributed by atoms with Gasteiger partial charge >= 0.3 is 0 Å². The van der Waals surface area contributed by atoms with Crippen LogP contribution in [-0.4, -0.2) is 40.5 Å². The zero-order valence-electron chi connectivity index (χ0n) is 20.8. The number of fused-ring (bicyclic) bond motifs is 1. The molecular weight excluding hydrogens is 502 g/mol. The second-order valence-electron chi connectivity index (χ2n) is 8.58. The lowest BCUT2D eigenvalue weighted by atomic mass is 10.1. The van der Waals surface area contributed by atoms with Crippen LogP contribution in [0.5, 0.6) is 0 Å². The van der Waals surface area contributed by atoms with Crippen LogP contribution >= 0.6 is 23.5 Å². The van der Waals surface area contributed by atoms with Gasteiger partial charge in [0.05, 0.1) is 34.3 Å². The molecule has 9 heteroatoms. The van der Waals surface area contributed by atoms with Gasteiger partial charge < -0.3 is 15.4 Å². The van der Waals surface area contributed by atoms with Crippen molar-refractivity contribution in [2.24, 2.45) is 10.1 Å². The molecule has 1 amide bonds. The quantitative estimate of drug-likeness (QED) is 0.164. The third-order valence-electron chi connectivity index (χ3n) is 6.13. The third-order valence-corrected chi connectivity index (χ3v) is 8.56. The lowest BCUT2D eigenvalue weighted by Crippen LogP contribution is -2.29. The van der Waals surface area contributed by atoms with E-state index in [2.05, 4.69) is 27.5 Å². The highest BCUT2D eigenvalue weighted by molar-refractivity contribution is 8.19. The van der Waals surface area contributed by atoms with E-state index in [1.54, 1.807) is 23.6 Å². The zero-order chi connectivity index (χ0) is 25.9. The van der Waals surface area contributed by atoms with Crippen molar-refractivity contribution in [1.82, 2.24) is 4.90 Å². The molecule has 2 N–H and O–H groups in total. The van der Waals surface area contributed by atoms with Gasteiger partial charge in [0, 0.05) is 24.1 Å². The van der Waals surface area contributed by atoms with E-state index >= 15 is 0 Å². The summed E-state index contributed by atoms with van der Waals surface area (Å²) < 4.78 is 0. The molecule has 37 heavy (non-hydrogen) atoms. The fourth-order valence-corrected chi connectivity index (χ4v) is 6.51. The SMILES string of the molecule is CCNc1ccc(/C(C)=N/O)cc1N=C1S/C(=C2\Sc3ccccc3N2C)C(=O)N1Cc1ccccc1. The third kappa shape index (κ3) is 4.97. The van der Waals surface area contributed by atoms with Gasteiger partial charge in [0.1, 0.15) is 4.91 Å². The number of rotatable bonds is 6. The van der Waals surface area contributed by atoms with Crippen molar-refractivity contribution in [3.05, 3.63) is 93.9 Å². The Labute approximate surface area is 225 Å². The zero-order valence-corrected chi connectivity index (χ0v) is 22.4. The minimum absolute atomic E-state index is 0.0657. The van der Waals surface area contributed by atoms with Crippen LogP contribution in [0.25, 0.3) is 0 Å². The average Bonchev–Trinajstić information content (AvgIpc) is 3.41. The van der Waals surface area contributed by atoms with Crippen LogP contribution in [0.3, 0.4) is 0 Å². The largest absolute Gasteiger partial charge is 0.411 e. The molecule has 0 spiro atoms. The van der Waals surface area contributed by atoms with Crippen molar-refractivity contribution >= 4 is 57.4 Å². The fourth-order valence-electron chi connectivity index (χ4n) is 4.17. The Morgan fingerprint density at radius 2 is 1.78 bits per heavy atom. The van der Waals surface area contributed by atoms with Crippen molar-refractivity contribution in [3.63, 3.8) is 0 Å². The number of carbonyl (C=O) groups excluding carboxylic acids is 1. The van der Waals surface area contributed by atoms with Crippen molar-refractivity contribution in [1.29, 1.82) is 0 Å². The summed E-state index contributed by atoms with van der Waals surface area (Å²) >= 11 is 3.00. The number of hydrogen-bond donors (Lipinski definition) is 2. The Morgan fingerprint density at radius 3 is 2.51 bits per heavy atom. The molecule has 3 aromatic carbocycles. The molecule has 1 fully saturated rings. The lowest BCUT2D eigenvalue weighted by Gasteiger charge is -2.17. The predicted octanol–water partition coefficient (Wildman–Crippen LogP) is 6.49. The van der Waals surface area contributed by atoms with Gasteiger partial charge in [-0.1, -0.05) is 65.4 Å². The van der Waals surface area contributed by atoms with Crippen LogP contribution in [0.4, 0.5) is 17.1 Å². The Balaban J connectivity index is 1.60. The van der Waals surface area contributed by atoms with Crippen molar-refractivity contribution in [3.8, 4) is 0 Å². The molecule has 188 valence electrons. The number of hydrogen-bond acceptors (Lipinski definition) is 8. The second kappa shape index (κ2) is 10.7. The van der Waals surface area contributed by atoms with Gasteiger partial charge in [0.25, 0.3) is 5.91 Å². The smallest absolute Gasteiger partial charge is 0.269 e. The average molecular weight is 530 g/mol. The maximum atomic E-state index is 13.9. The van der Waals surface area contributed by atoms with Gasteiger partial charge in [-0.25, -0.2) is 4.99 Å². The molecule has 0 aromatic heterocycles. The van der Waals surface area contributed by atoms with Crippen LogP contribution in [-0.2, 0) is 11.3 Å². The first-order valence-electron chi connectivity index (χ1n) is 11.9. The maximum Gasteiger partial charge on any atom is 0.269 e. The van der Waals surface area contributed by atoms with Crippen LogP contribution in [0.15, 0.2) is 97.8 Å². The number of para-hydroxylation sites is 1. The molecule has 3 aromatic rings. The van der Waals surface area contributed by atoms with E-state index in [1.807, 2.05) is 74.6 Å². The van der Waals surface area contributed by atoms with E-state index in [0.29, 0.717) is 28.0 Å². The van der Waals surface area contributed by atoms with Crippen LogP contribution in [0, 0.1) is 0 Å². The number of amides is 1. The highest BCUT2D eigenvalue weighted by Crippen LogP contribution is 2.50. The van der Waals surface area contributed by atoms with E-state index in [1.165, 1.54) is 11.8 Å². The summed E-state index contributed by atoms with van der Waals surface area (Å²) in [6, 6.07) is 23.8. The van der Waals surface area contributed by atoms with Gasteiger partial charge in [0.2, 0.25) is 0 Å². The molecule has 0 atom stereocenters. The summed E-state index contributed by atoms with van der Waals surface area (Å²) in [5.74, 6) is -0.0657. The summed E-state index contributed by atoms with van der Waals surface area (Å²) in [5.41, 5.74) is 4.88. The second-order valence-corrected chi connectivity index (χ2v) is 10.6. The summed E-state index contributed by atoms with van der Waals surface area (Å²) in [6.07, 6.45) is 0. The van der Waals surface area contributed by atoms with Gasteiger partial charge in [0.15, 0.2) is 5.17 Å². The topological polar surface area (TPSA) is 80.5 Å². The highest BCUT2D eigenvalue weighted by Gasteiger charge is 2.39. The predicted molar refractivity (Wildman–Crippen MR) is 154 cm³/mol. The first-order chi connectivity index (χ1) is 18.0. The van der Waals surface area contributed by atoms with Crippen LogP contribution in [0.1, 0.15) is 25.0 Å². The van der Waals surface area contributed by atoms with E-state index < -0.39 is 0 Å². The molecule has 0 saturated carbocycles. The Bertz CT molecular complexity index is 1440. The number of oxime groups is 1. The van der Waals surface area contributed by atoms with Gasteiger partial charge in [-0.3, -0.25) is 9.69 Å². The molecule has 0 unspecified atom stereocenters. The molecule has 0 aliphatic carbocycles. The number of aliphatic imine (C=N–C) groups is 1. The van der Waals surface area contributed by atoms with Gasteiger partial charge in [-0.05, 0) is 55.4 Å². The van der Waals surface area contributed by atoms with E-state index in [0.717, 1.165) is 39.0 Å². The van der Waals surface area contributed by atoms with Gasteiger partial charge in [-0.2, -0.15) is 0 Å². The molecular formula is C28H27N5O2S2. The number of nitrogens with one attached hydrogen (secondary N) is 1. The summed E-state index contributed by atoms with van der Waals surface area (Å²) in [6.45, 7) is 4.90. The van der Waals surface area contributed by atoms with Crippen LogP contribution < -0.4 is 10.2 Å². The monoisotopic (exact) mass is 529 g/mol. The molecule has 2 heterocycles. The van der Waals surface area contributed by atoms with Crippen molar-refractivity contribution < 1.29 is 10.0 Å². The number of nitrogens with zero attached hydrogens (tertiary/aromatic N) is 4. The number of amidine groups is 1. The van der Waals surface area contributed by atoms with E-state index in [-0.39, 0.29) is 5.91 Å². The molecule has 0 bridgehead atoms. The Kier molecular flexibility index (Phi) is 7.25. The standard InChI is InChI=1S/C28H27N5O2S2/c1-4-29-21-15-14-20(18(2)31-35)16-22(21)30-28-33(17-19-10-6-5-7-11-19)26(34)25(37-28)27-32(3)23-12-8-9-13-24(23)36-27/h5-16,29,35H,4,17H2,1-3H3/b27-25-,30-28?,31-18+. The van der Waals surface area contributed by atoms with Gasteiger partial charge in [-0.15, -0.1) is 0 Å². The number of anilines is 2. The van der Waals surface area contributed by atoms with Crippen molar-refractivity contribution in [2.45, 2.75) is 25.3 Å². The minimum atomic E-state index is -0.0657. The van der Waals surface area contributed by atoms with Crippen LogP contribution in [0.2, 0.25) is 0 Å². The van der Waals surface area contributed by atoms with Crippen molar-refractivity contribution in [2.75, 3.05) is 23.8 Å². The summed E-state index contributed by atoms with van der Waals surface area (Å²) in [7, 11) is 2.00. The first kappa shape index (κ1) is 25.0. The Hall–Kier alpha value is -3.69. The molecule has 2 aliphatic heterocycles. The normalized spacial score (nSPS) is 18.6. The number of carbonyl (C=O) groups is 1. The molecule has 0 radical (unpaired) electrons. The molecule has 5 rings (SSSR count). The summed E-state index contributed by atoms with van der Waals surface area (Å²) in [4.78, 5) is 24.5. The molecule has 2 aliphatic rings. The number of thioether (sulfide) groups is 2. The molecule has 1 saturated heterocycles. The summed E-state index contributed by atoms with van der Waals surface area (Å²) in [5, 5.41) is 17.5. The lowest BCUT2D eigenvalue weighted by molar-refractivity contribution is -0.122. The van der Waals surface area contributed by atoms with E-state index in [9.17, 15) is 10.0 Å². The maximum absolute atomic E-state index is 13.9. The first-order valence-corrected chi connectivity index (χ1v) is 13.6. The fraction of sp³-hybridized carbons (Fsp3) is 0.179. The Morgan fingerprint density at radius 1 is 1.03 bits per heavy atom. The van der Waals surface area contributed by atoms with E-state index in [4.69, 9.17) is 4.99 Å². The minimum Gasteiger partial charge on any atom is -0.411 e. The highest BCUT2D eigenvalue weighted by atomic mass is 32.2.